The first-order valence-electron chi connectivity index (χ1n) is 7.89. The Labute approximate surface area is 153 Å². The van der Waals surface area contributed by atoms with Gasteiger partial charge in [0.25, 0.3) is 5.91 Å². The zero-order chi connectivity index (χ0) is 18.8. The third-order valence-corrected chi connectivity index (χ3v) is 5.16. The van der Waals surface area contributed by atoms with Crippen molar-refractivity contribution in [2.45, 2.75) is 13.3 Å². The van der Waals surface area contributed by atoms with E-state index in [1.165, 1.54) is 24.3 Å². The summed E-state index contributed by atoms with van der Waals surface area (Å²) in [6.45, 7) is 5.25. The summed E-state index contributed by atoms with van der Waals surface area (Å²) in [5.74, 6) is -1.50. The first kappa shape index (κ1) is 17.9. The maximum Gasteiger partial charge on any atom is 0.265 e. The molecule has 2 aromatic carbocycles. The standard InChI is InChI=1S/C20H16F2N2OS/c1-3-5-16(23)12-8-9-15(22)19(11(12)2)24-20(25)18-10-13-14(21)6-4-7-17(13)26-18/h3-4,6-10,23H,1,5H2,2H3,(H,24,25). The van der Waals surface area contributed by atoms with Crippen LogP contribution in [0.4, 0.5) is 14.5 Å². The van der Waals surface area contributed by atoms with E-state index in [1.54, 1.807) is 25.1 Å². The summed E-state index contributed by atoms with van der Waals surface area (Å²) in [4.78, 5) is 12.8. The summed E-state index contributed by atoms with van der Waals surface area (Å²) in [5.41, 5.74) is 1.33. The minimum atomic E-state index is -0.585. The van der Waals surface area contributed by atoms with Crippen LogP contribution in [0.25, 0.3) is 10.1 Å². The molecule has 0 radical (unpaired) electrons. The van der Waals surface area contributed by atoms with Gasteiger partial charge in [-0.05, 0) is 42.8 Å². The van der Waals surface area contributed by atoms with Crippen LogP contribution in [0.3, 0.4) is 0 Å². The fourth-order valence-electron chi connectivity index (χ4n) is 2.73. The lowest BCUT2D eigenvalue weighted by Gasteiger charge is -2.13. The Morgan fingerprint density at radius 3 is 2.73 bits per heavy atom. The number of halogens is 2. The van der Waals surface area contributed by atoms with Gasteiger partial charge in [0.1, 0.15) is 11.6 Å². The smallest absolute Gasteiger partial charge is 0.265 e. The molecule has 1 heterocycles. The molecule has 1 amide bonds. The lowest BCUT2D eigenvalue weighted by molar-refractivity contribution is 0.103. The molecule has 2 N–H and O–H groups in total. The largest absolute Gasteiger partial charge is 0.319 e. The Morgan fingerprint density at radius 2 is 2.04 bits per heavy atom. The molecule has 132 valence electrons. The molecule has 0 bridgehead atoms. The van der Waals surface area contributed by atoms with Crippen LogP contribution in [0.2, 0.25) is 0 Å². The highest BCUT2D eigenvalue weighted by Crippen LogP contribution is 2.30. The second kappa shape index (κ2) is 7.17. The summed E-state index contributed by atoms with van der Waals surface area (Å²) < 4.78 is 28.7. The topological polar surface area (TPSA) is 53.0 Å². The molecule has 1 aromatic heterocycles. The Morgan fingerprint density at radius 1 is 1.27 bits per heavy atom. The second-order valence-electron chi connectivity index (χ2n) is 5.78. The number of carbonyl (C=O) groups is 1. The molecule has 3 nitrogen and oxygen atoms in total. The van der Waals surface area contributed by atoms with Crippen LogP contribution < -0.4 is 5.32 Å². The first-order valence-corrected chi connectivity index (χ1v) is 8.71. The molecule has 0 aliphatic rings. The monoisotopic (exact) mass is 370 g/mol. The second-order valence-corrected chi connectivity index (χ2v) is 6.87. The van der Waals surface area contributed by atoms with Crippen LogP contribution in [0.15, 0.2) is 49.1 Å². The molecule has 0 aliphatic carbocycles. The molecule has 3 rings (SSSR count). The molecule has 6 heteroatoms. The molecule has 0 unspecified atom stereocenters. The summed E-state index contributed by atoms with van der Waals surface area (Å²) in [7, 11) is 0. The zero-order valence-corrected chi connectivity index (χ0v) is 14.8. The predicted octanol–water partition coefficient (Wildman–Crippen LogP) is 5.68. The summed E-state index contributed by atoms with van der Waals surface area (Å²) >= 11 is 1.14. The molecule has 3 aromatic rings. The number of nitrogens with one attached hydrogen (secondary N) is 2. The first-order chi connectivity index (χ1) is 12.4. The Hall–Kier alpha value is -2.86. The van der Waals surface area contributed by atoms with Gasteiger partial charge in [-0.1, -0.05) is 12.1 Å². The number of thiophene rings is 1. The van der Waals surface area contributed by atoms with Gasteiger partial charge < -0.3 is 10.7 Å². The summed E-state index contributed by atoms with van der Waals surface area (Å²) in [6.07, 6.45) is 1.94. The molecule has 0 spiro atoms. The molecule has 0 saturated carbocycles. The van der Waals surface area contributed by atoms with Gasteiger partial charge in [0, 0.05) is 27.8 Å². The van der Waals surface area contributed by atoms with Crippen molar-refractivity contribution < 1.29 is 13.6 Å². The number of amides is 1. The number of benzene rings is 2. The Bertz CT molecular complexity index is 1040. The highest BCUT2D eigenvalue weighted by Gasteiger charge is 2.18. The predicted molar refractivity (Wildman–Crippen MR) is 103 cm³/mol. The third-order valence-electron chi connectivity index (χ3n) is 4.06. The molecule has 0 saturated heterocycles. The number of allylic oxidation sites excluding steroid dienone is 1. The minimum Gasteiger partial charge on any atom is -0.319 e. The number of carbonyl (C=O) groups excluding carboxylic acids is 1. The molecular formula is C20H16F2N2OS. The van der Waals surface area contributed by atoms with Gasteiger partial charge in [-0.2, -0.15) is 0 Å². The van der Waals surface area contributed by atoms with E-state index in [0.717, 1.165) is 11.3 Å². The third kappa shape index (κ3) is 3.28. The van der Waals surface area contributed by atoms with Crippen molar-refractivity contribution in [3.63, 3.8) is 0 Å². The van der Waals surface area contributed by atoms with E-state index in [1.807, 2.05) is 0 Å². The quantitative estimate of drug-likeness (QED) is 0.440. The summed E-state index contributed by atoms with van der Waals surface area (Å²) in [6, 6.07) is 8.83. The number of hydrogen-bond donors (Lipinski definition) is 2. The van der Waals surface area contributed by atoms with Crippen LogP contribution in [-0.4, -0.2) is 11.6 Å². The highest BCUT2D eigenvalue weighted by molar-refractivity contribution is 7.20. The lowest BCUT2D eigenvalue weighted by atomic mass is 10.00. The van der Waals surface area contributed by atoms with Crippen molar-refractivity contribution in [2.75, 3.05) is 5.32 Å². The SMILES string of the molecule is C=CCC(=N)c1ccc(F)c(NC(=O)c2cc3c(F)cccc3s2)c1C. The fourth-order valence-corrected chi connectivity index (χ4v) is 3.70. The van der Waals surface area contributed by atoms with E-state index in [4.69, 9.17) is 5.41 Å². The van der Waals surface area contributed by atoms with Crippen LogP contribution in [0.5, 0.6) is 0 Å². The molecular weight excluding hydrogens is 354 g/mol. The van der Waals surface area contributed by atoms with E-state index in [-0.39, 0.29) is 16.3 Å². The van der Waals surface area contributed by atoms with Crippen molar-refractivity contribution in [2.24, 2.45) is 0 Å². The number of anilines is 1. The van der Waals surface area contributed by atoms with Gasteiger partial charge in [0.15, 0.2) is 0 Å². The number of fused-ring (bicyclic) bond motifs is 1. The van der Waals surface area contributed by atoms with Crippen LogP contribution >= 0.6 is 11.3 Å². The van der Waals surface area contributed by atoms with Gasteiger partial charge in [0.05, 0.1) is 10.6 Å². The van der Waals surface area contributed by atoms with E-state index >= 15 is 0 Å². The molecule has 26 heavy (non-hydrogen) atoms. The van der Waals surface area contributed by atoms with Crippen LogP contribution in [-0.2, 0) is 0 Å². The highest BCUT2D eigenvalue weighted by atomic mass is 32.1. The van der Waals surface area contributed by atoms with Gasteiger partial charge in [-0.15, -0.1) is 17.9 Å². The van der Waals surface area contributed by atoms with Gasteiger partial charge >= 0.3 is 0 Å². The zero-order valence-electron chi connectivity index (χ0n) is 14.0. The Kier molecular flexibility index (Phi) is 4.95. The minimum absolute atomic E-state index is 0.0271. The number of hydrogen-bond acceptors (Lipinski definition) is 3. The van der Waals surface area contributed by atoms with E-state index < -0.39 is 17.5 Å². The van der Waals surface area contributed by atoms with Crippen LogP contribution in [0.1, 0.15) is 27.2 Å². The maximum absolute atomic E-state index is 14.3. The fraction of sp³-hybridized carbons (Fsp3) is 0.100. The average Bonchev–Trinajstić information content (AvgIpc) is 3.04. The molecule has 0 fully saturated rings. The van der Waals surface area contributed by atoms with Crippen molar-refractivity contribution in [1.82, 2.24) is 0 Å². The van der Waals surface area contributed by atoms with E-state index in [9.17, 15) is 13.6 Å². The van der Waals surface area contributed by atoms with Crippen molar-refractivity contribution in [1.29, 1.82) is 5.41 Å². The van der Waals surface area contributed by atoms with Crippen molar-refractivity contribution in [3.8, 4) is 0 Å². The van der Waals surface area contributed by atoms with Crippen molar-refractivity contribution in [3.05, 3.63) is 76.7 Å². The van der Waals surface area contributed by atoms with E-state index in [0.29, 0.717) is 27.6 Å². The Balaban J connectivity index is 1.95. The number of rotatable bonds is 5. The average molecular weight is 370 g/mol. The normalized spacial score (nSPS) is 10.7. The lowest BCUT2D eigenvalue weighted by Crippen LogP contribution is -2.14. The van der Waals surface area contributed by atoms with E-state index in [2.05, 4.69) is 11.9 Å². The van der Waals surface area contributed by atoms with Gasteiger partial charge in [-0.25, -0.2) is 8.78 Å². The summed E-state index contributed by atoms with van der Waals surface area (Å²) in [5, 5.41) is 11.0. The molecule has 0 atom stereocenters. The maximum atomic E-state index is 14.3. The van der Waals surface area contributed by atoms with Crippen LogP contribution in [0, 0.1) is 24.0 Å². The van der Waals surface area contributed by atoms with Crippen molar-refractivity contribution >= 4 is 38.7 Å². The molecule has 0 aliphatic heterocycles. The van der Waals surface area contributed by atoms with Gasteiger partial charge in [-0.3, -0.25) is 4.79 Å². The van der Waals surface area contributed by atoms with Gasteiger partial charge in [0.2, 0.25) is 0 Å².